The molecule has 0 saturated heterocycles. The first-order valence-corrected chi connectivity index (χ1v) is 31.5. The predicted octanol–water partition coefficient (Wildman–Crippen LogP) is 13.1. The molecule has 6 rings (SSSR count). The highest BCUT2D eigenvalue weighted by Crippen LogP contribution is 2.40. The van der Waals surface area contributed by atoms with Crippen LogP contribution in [0.4, 0.5) is 16.2 Å². The zero-order valence-electron chi connectivity index (χ0n) is 43.9. The molecule has 16 heteroatoms. The van der Waals surface area contributed by atoms with Crippen LogP contribution >= 0.6 is 22.7 Å². The van der Waals surface area contributed by atoms with Gasteiger partial charge in [-0.25, -0.2) is 4.79 Å². The van der Waals surface area contributed by atoms with Crippen LogP contribution in [0.25, 0.3) is 11.1 Å². The molecule has 380 valence electrons. The first-order valence-electron chi connectivity index (χ1n) is 23.8. The van der Waals surface area contributed by atoms with E-state index in [0.717, 1.165) is 17.5 Å². The summed E-state index contributed by atoms with van der Waals surface area (Å²) >= 11 is 3.35. The van der Waals surface area contributed by atoms with E-state index < -0.39 is 22.7 Å². The molecule has 4 aromatic rings. The maximum atomic E-state index is 14.1. The summed E-state index contributed by atoms with van der Waals surface area (Å²) in [7, 11) is -0.825. The van der Waals surface area contributed by atoms with Gasteiger partial charge in [0.05, 0.1) is 56.3 Å². The van der Waals surface area contributed by atoms with Crippen molar-refractivity contribution in [3.63, 3.8) is 0 Å². The summed E-state index contributed by atoms with van der Waals surface area (Å²) < 4.78 is 29.3. The van der Waals surface area contributed by atoms with Gasteiger partial charge in [0.25, 0.3) is 11.8 Å². The number of anilines is 2. The van der Waals surface area contributed by atoms with Crippen LogP contribution in [0.2, 0.25) is 36.3 Å². The number of amides is 3. The molecule has 70 heavy (non-hydrogen) atoms. The Morgan fingerprint density at radius 2 is 1.19 bits per heavy atom. The molecule has 12 nitrogen and oxygen atoms in total. The molecule has 2 atom stereocenters. The van der Waals surface area contributed by atoms with E-state index in [-0.39, 0.29) is 40.6 Å². The summed E-state index contributed by atoms with van der Waals surface area (Å²) in [6, 6.07) is 11.0. The van der Waals surface area contributed by atoms with E-state index in [1.54, 1.807) is 55.1 Å². The van der Waals surface area contributed by atoms with Gasteiger partial charge in [0.15, 0.2) is 16.6 Å². The van der Waals surface area contributed by atoms with Gasteiger partial charge in [-0.2, -0.15) is 22.7 Å². The van der Waals surface area contributed by atoms with Crippen molar-refractivity contribution in [3.8, 4) is 11.5 Å². The third-order valence-corrected chi connectivity index (χ3v) is 24.6. The Bertz CT molecular complexity index is 2520. The number of benzene rings is 2. The summed E-state index contributed by atoms with van der Waals surface area (Å²) in [6.07, 6.45) is 6.55. The molecule has 2 aliphatic heterocycles. The summed E-state index contributed by atoms with van der Waals surface area (Å²) in [4.78, 5) is 43.9. The smallest absolute Gasteiger partial charge is 0.411 e. The molecule has 2 aromatic heterocycles. The summed E-state index contributed by atoms with van der Waals surface area (Å²) in [5.74, 6) is 0.958. The van der Waals surface area contributed by atoms with Gasteiger partial charge < -0.3 is 38.6 Å². The Morgan fingerprint density at radius 3 is 1.60 bits per heavy atom. The number of rotatable bonds is 15. The molecule has 0 spiro atoms. The first-order chi connectivity index (χ1) is 32.8. The van der Waals surface area contributed by atoms with Crippen LogP contribution in [0, 0.1) is 13.8 Å². The molecule has 3 amide bonds. The maximum Gasteiger partial charge on any atom is 0.411 e. The maximum absolute atomic E-state index is 14.1. The molecule has 0 unspecified atom stereocenters. The largest absolute Gasteiger partial charge is 0.496 e. The van der Waals surface area contributed by atoms with Gasteiger partial charge in [-0.05, 0) is 154 Å². The van der Waals surface area contributed by atoms with Crippen molar-refractivity contribution < 1.29 is 37.4 Å². The second-order valence-electron chi connectivity index (χ2n) is 21.0. The van der Waals surface area contributed by atoms with Gasteiger partial charge in [-0.3, -0.25) is 14.9 Å². The average Bonchev–Trinajstić information content (AvgIpc) is 4.05. The minimum Gasteiger partial charge on any atom is -0.496 e. The molecule has 0 radical (unpaired) electrons. The van der Waals surface area contributed by atoms with Crippen molar-refractivity contribution in [2.24, 2.45) is 0 Å². The Hall–Kier alpha value is -4.98. The van der Waals surface area contributed by atoms with Crippen molar-refractivity contribution >= 4 is 79.7 Å². The highest BCUT2D eigenvalue weighted by Gasteiger charge is 2.41. The molecule has 0 fully saturated rings. The van der Waals surface area contributed by atoms with Crippen molar-refractivity contribution in [2.45, 2.75) is 117 Å². The predicted molar refractivity (Wildman–Crippen MR) is 295 cm³/mol. The average molecular weight is 1030 g/mol. The number of carbonyl (C=O) groups excluding carboxylic acids is 3. The molecule has 3 N–H and O–H groups in total. The number of nitrogen functional groups attached to an aromatic ring is 1. The fourth-order valence-electron chi connectivity index (χ4n) is 7.71. The van der Waals surface area contributed by atoms with Crippen molar-refractivity contribution in [2.75, 3.05) is 58.2 Å². The van der Waals surface area contributed by atoms with E-state index in [1.165, 1.54) is 28.3 Å². The molecule has 2 aromatic carbocycles. The Morgan fingerprint density at radius 1 is 0.743 bits per heavy atom. The number of thiophene rings is 2. The molecule has 0 bridgehead atoms. The Labute approximate surface area is 427 Å². The minimum atomic E-state index is -2.05. The molecule has 0 aliphatic carbocycles. The number of hydrogen-bond acceptors (Lipinski definition) is 11. The van der Waals surface area contributed by atoms with Crippen molar-refractivity contribution in [1.82, 2.24) is 9.80 Å². The quantitative estimate of drug-likeness (QED) is 0.0676. The highest BCUT2D eigenvalue weighted by atomic mass is 32.1. The highest BCUT2D eigenvalue weighted by molar-refractivity contribution is 7.08. The molecular weight excluding hydrogens is 953 g/mol. The topological polar surface area (TPSA) is 142 Å². The van der Waals surface area contributed by atoms with Crippen LogP contribution < -0.4 is 20.5 Å². The number of nitrogens with zero attached hydrogens (tertiary/aromatic N) is 2. The second-order valence-corrected chi connectivity index (χ2v) is 32.2. The number of nitrogens with one attached hydrogen (secondary N) is 1. The fraction of sp³-hybridized carbons (Fsp3) is 0.463. The van der Waals surface area contributed by atoms with E-state index in [9.17, 15) is 14.4 Å². The Balaban J connectivity index is 0.000000265. The van der Waals surface area contributed by atoms with Gasteiger partial charge in [0.1, 0.15) is 18.1 Å². The van der Waals surface area contributed by atoms with Gasteiger partial charge in [0.2, 0.25) is 0 Å². The lowest BCUT2D eigenvalue weighted by molar-refractivity contribution is 0.0622. The monoisotopic (exact) mass is 1030 g/mol. The Kier molecular flexibility index (Phi) is 18.8. The molecular formula is C54H76N4O8S2Si2. The lowest BCUT2D eigenvalue weighted by atomic mass is 9.95. The van der Waals surface area contributed by atoms with E-state index in [2.05, 4.69) is 125 Å². The zero-order chi connectivity index (χ0) is 51.8. The van der Waals surface area contributed by atoms with Crippen molar-refractivity contribution in [1.29, 1.82) is 0 Å². The third-order valence-electron chi connectivity index (χ3n) is 14.2. The molecule has 0 saturated carbocycles. The van der Waals surface area contributed by atoms with Gasteiger partial charge in [-0.1, -0.05) is 66.3 Å². The van der Waals surface area contributed by atoms with Crippen LogP contribution in [0.3, 0.4) is 0 Å². The van der Waals surface area contributed by atoms with Crippen LogP contribution in [-0.2, 0) is 13.6 Å². The standard InChI is InChI=1S/C29H40N2O5SSi.C25H36N2O3SSi/c1-9-13-35-28(33)30-25-15-20(2)26(34-6)17-24(25)27(32)31-12-10-21(22-11-14-37-19-22)16-23(31)18-36-38(7,8)29(3,4)5;1-17-12-22(26)21(14-23(17)29-5)24(28)27-10-8-18(19-9-11-31-16-19)13-20(27)15-30-32(6,7)25(2,3)4/h9-11,14-15,17,19,23H,1,12-13,16,18H2,2-8H3,(H,30,33);8-9,11-12,14,16,20H,10,13,15,26H2,1-7H3/t23-;20-/m00/s1. The number of ether oxygens (including phenoxy) is 3. The number of carbonyl (C=O) groups is 3. The second kappa shape index (κ2) is 23.5. The number of methoxy groups -OCH3 is 2. The van der Waals surface area contributed by atoms with Crippen LogP contribution in [0.15, 0.2) is 82.7 Å². The third kappa shape index (κ3) is 13.7. The molecule has 4 heterocycles. The van der Waals surface area contributed by atoms with Crippen molar-refractivity contribution in [3.05, 3.63) is 116 Å². The van der Waals surface area contributed by atoms with Crippen LogP contribution in [0.1, 0.15) is 97.4 Å². The molecule has 2 aliphatic rings. The van der Waals surface area contributed by atoms with Crippen LogP contribution in [0.5, 0.6) is 11.5 Å². The minimum absolute atomic E-state index is 0.0513. The van der Waals surface area contributed by atoms with E-state index in [4.69, 9.17) is 28.8 Å². The summed E-state index contributed by atoms with van der Waals surface area (Å²) in [5, 5.41) is 11.3. The van der Waals surface area contributed by atoms with Crippen LogP contribution in [-0.4, -0.2) is 104 Å². The van der Waals surface area contributed by atoms with E-state index in [1.807, 2.05) is 29.7 Å². The number of hydrogen-bond donors (Lipinski definition) is 2. The van der Waals surface area contributed by atoms with E-state index >= 15 is 0 Å². The SMILES string of the molecule is C=CCOC(=O)Nc1cc(C)c(OC)cc1C(=O)N1CC=C(c2ccsc2)C[C@H]1CO[Si](C)(C)C(C)(C)C.COc1cc(C(=O)N2CC=C(c3ccsc3)C[C@H]2CO[Si](C)(C)C(C)(C)C)c(N)cc1C. The zero-order valence-corrected chi connectivity index (χ0v) is 47.5. The first kappa shape index (κ1) is 55.9. The fourth-order valence-corrected chi connectivity index (χ4v) is 11.2. The lowest BCUT2D eigenvalue weighted by Gasteiger charge is -2.41. The summed E-state index contributed by atoms with van der Waals surface area (Å²) in [5.41, 5.74) is 14.5. The summed E-state index contributed by atoms with van der Waals surface area (Å²) in [6.45, 7) is 31.6. The normalized spacial score (nSPS) is 16.6. The van der Waals surface area contributed by atoms with Gasteiger partial charge in [-0.15, -0.1) is 0 Å². The number of nitrogens with two attached hydrogens (primary N) is 1. The van der Waals surface area contributed by atoms with Gasteiger partial charge >= 0.3 is 6.09 Å². The lowest BCUT2D eigenvalue weighted by Crippen LogP contribution is -2.49. The van der Waals surface area contributed by atoms with E-state index in [0.29, 0.717) is 66.7 Å². The number of aryl methyl sites for hydroxylation is 2. The van der Waals surface area contributed by atoms with Gasteiger partial charge in [0, 0.05) is 18.8 Å².